The fourth-order valence-electron chi connectivity index (χ4n) is 3.14. The number of hydrogen-bond acceptors (Lipinski definition) is 0. The van der Waals surface area contributed by atoms with Gasteiger partial charge in [0.25, 0.3) is 0 Å². The molecule has 0 nitrogen and oxygen atoms in total. The van der Waals surface area contributed by atoms with Gasteiger partial charge in [-0.15, -0.1) is 0 Å². The van der Waals surface area contributed by atoms with Crippen molar-refractivity contribution < 1.29 is 0 Å². The molecule has 138 valence electrons. The minimum Gasteiger partial charge on any atom is -0.0776 e. The van der Waals surface area contributed by atoms with Gasteiger partial charge in [0, 0.05) is 0 Å². The van der Waals surface area contributed by atoms with Crippen molar-refractivity contribution in [2.24, 2.45) is 17.8 Å². The average molecular weight is 315 g/mol. The largest absolute Gasteiger partial charge is 0.0776 e. The summed E-state index contributed by atoms with van der Waals surface area (Å²) in [5.41, 5.74) is 0. The summed E-state index contributed by atoms with van der Waals surface area (Å²) >= 11 is 0. The van der Waals surface area contributed by atoms with Crippen LogP contribution in [-0.2, 0) is 0 Å². The predicted molar refractivity (Wildman–Crippen MR) is 108 cm³/mol. The van der Waals surface area contributed by atoms with Gasteiger partial charge in [-0.1, -0.05) is 127 Å². The smallest absolute Gasteiger partial charge is 0.0396 e. The molecule has 1 atom stereocenters. The average Bonchev–Trinajstić information content (AvgIpc) is 2.48. The molecule has 0 heteroatoms. The van der Waals surface area contributed by atoms with Gasteiger partial charge >= 0.3 is 0 Å². The summed E-state index contributed by atoms with van der Waals surface area (Å²) in [7, 11) is 0. The Kier molecular flexibility index (Phi) is 25.7. The molecule has 0 spiro atoms. The van der Waals surface area contributed by atoms with Gasteiger partial charge in [-0.2, -0.15) is 0 Å². The van der Waals surface area contributed by atoms with E-state index in [1.807, 2.05) is 0 Å². The standard InChI is InChI=1S/C13H28.C8H18.CH4/c1-4-7-9-10-12-13(6-3)11-8-5-2;1-5-8(6-2)7(3)4;/h13H,4-12H2,1-3H3;7-8H,5-6H2,1-4H3;1H4. The molecule has 0 N–H and O–H groups in total. The van der Waals surface area contributed by atoms with E-state index in [-0.39, 0.29) is 7.43 Å². The zero-order valence-electron chi connectivity index (χ0n) is 16.5. The summed E-state index contributed by atoms with van der Waals surface area (Å²) in [5.74, 6) is 2.86. The molecule has 0 bridgehead atoms. The highest BCUT2D eigenvalue weighted by Gasteiger charge is 2.06. The van der Waals surface area contributed by atoms with E-state index in [4.69, 9.17) is 0 Å². The van der Waals surface area contributed by atoms with Gasteiger partial charge in [0.05, 0.1) is 0 Å². The van der Waals surface area contributed by atoms with Crippen LogP contribution in [0.15, 0.2) is 0 Å². The van der Waals surface area contributed by atoms with Gasteiger partial charge < -0.3 is 0 Å². The van der Waals surface area contributed by atoms with E-state index in [1.165, 1.54) is 70.6 Å². The molecular weight excluding hydrogens is 264 g/mol. The van der Waals surface area contributed by atoms with Gasteiger partial charge in [0.1, 0.15) is 0 Å². The highest BCUT2D eigenvalue weighted by molar-refractivity contribution is 4.58. The Bertz CT molecular complexity index is 167. The van der Waals surface area contributed by atoms with Crippen LogP contribution in [0, 0.1) is 17.8 Å². The van der Waals surface area contributed by atoms with E-state index in [0.717, 1.165) is 17.8 Å². The van der Waals surface area contributed by atoms with Crippen molar-refractivity contribution in [2.75, 3.05) is 0 Å². The fourth-order valence-corrected chi connectivity index (χ4v) is 3.14. The number of rotatable bonds is 12. The Hall–Kier alpha value is 0. The van der Waals surface area contributed by atoms with Crippen LogP contribution in [0.4, 0.5) is 0 Å². The number of hydrogen-bond donors (Lipinski definition) is 0. The van der Waals surface area contributed by atoms with Crippen molar-refractivity contribution in [3.63, 3.8) is 0 Å². The van der Waals surface area contributed by atoms with Gasteiger partial charge in [-0.05, 0) is 17.8 Å². The normalized spacial score (nSPS) is 11.9. The zero-order chi connectivity index (χ0) is 16.5. The highest BCUT2D eigenvalue weighted by Crippen LogP contribution is 2.20. The predicted octanol–water partition coefficient (Wildman–Crippen LogP) is 8.89. The minimum absolute atomic E-state index is 0. The molecule has 0 aliphatic rings. The van der Waals surface area contributed by atoms with Crippen molar-refractivity contribution in [2.45, 2.75) is 127 Å². The van der Waals surface area contributed by atoms with Crippen molar-refractivity contribution in [3.05, 3.63) is 0 Å². The quantitative estimate of drug-likeness (QED) is 0.315. The Morgan fingerprint density at radius 2 is 1.09 bits per heavy atom. The Morgan fingerprint density at radius 1 is 0.591 bits per heavy atom. The Morgan fingerprint density at radius 3 is 1.41 bits per heavy atom. The Labute approximate surface area is 144 Å². The summed E-state index contributed by atoms with van der Waals surface area (Å²) in [5, 5.41) is 0. The van der Waals surface area contributed by atoms with Crippen molar-refractivity contribution in [1.29, 1.82) is 0 Å². The van der Waals surface area contributed by atoms with Crippen molar-refractivity contribution in [3.8, 4) is 0 Å². The first-order valence-electron chi connectivity index (χ1n) is 10.1. The minimum atomic E-state index is 0. The van der Waals surface area contributed by atoms with Crippen LogP contribution in [-0.4, -0.2) is 0 Å². The maximum Gasteiger partial charge on any atom is -0.0396 e. The van der Waals surface area contributed by atoms with E-state index >= 15 is 0 Å². The second-order valence-corrected chi connectivity index (χ2v) is 7.09. The van der Waals surface area contributed by atoms with E-state index in [1.54, 1.807) is 0 Å². The first-order valence-corrected chi connectivity index (χ1v) is 10.1. The molecule has 0 aromatic rings. The van der Waals surface area contributed by atoms with Crippen LogP contribution in [0.1, 0.15) is 127 Å². The second-order valence-electron chi connectivity index (χ2n) is 7.09. The van der Waals surface area contributed by atoms with Crippen LogP contribution in [0.5, 0.6) is 0 Å². The lowest BCUT2D eigenvalue weighted by Gasteiger charge is -2.15. The van der Waals surface area contributed by atoms with Gasteiger partial charge in [0.15, 0.2) is 0 Å². The lowest BCUT2D eigenvalue weighted by molar-refractivity contribution is 0.362. The highest BCUT2D eigenvalue weighted by atomic mass is 14.1. The van der Waals surface area contributed by atoms with E-state index in [2.05, 4.69) is 48.5 Å². The first kappa shape index (κ1) is 26.9. The molecule has 1 unspecified atom stereocenters. The molecule has 0 aromatic carbocycles. The third-order valence-electron chi connectivity index (χ3n) is 5.00. The monoisotopic (exact) mass is 314 g/mol. The summed E-state index contributed by atoms with van der Waals surface area (Å²) in [6, 6.07) is 0. The molecule has 22 heavy (non-hydrogen) atoms. The summed E-state index contributed by atoms with van der Waals surface area (Å²) < 4.78 is 0. The maximum atomic E-state index is 2.35. The van der Waals surface area contributed by atoms with Crippen LogP contribution < -0.4 is 0 Å². The molecule has 0 saturated heterocycles. The van der Waals surface area contributed by atoms with Crippen molar-refractivity contribution >= 4 is 0 Å². The van der Waals surface area contributed by atoms with Crippen molar-refractivity contribution in [1.82, 2.24) is 0 Å². The van der Waals surface area contributed by atoms with Gasteiger partial charge in [-0.3, -0.25) is 0 Å². The van der Waals surface area contributed by atoms with Crippen LogP contribution in [0.2, 0.25) is 0 Å². The van der Waals surface area contributed by atoms with Crippen LogP contribution in [0.3, 0.4) is 0 Å². The number of unbranched alkanes of at least 4 members (excludes halogenated alkanes) is 4. The lowest BCUT2D eigenvalue weighted by atomic mass is 9.91. The Balaban J connectivity index is -0.000000348. The van der Waals surface area contributed by atoms with E-state index < -0.39 is 0 Å². The molecule has 0 saturated carbocycles. The third kappa shape index (κ3) is 18.1. The molecule has 0 amide bonds. The molecule has 0 heterocycles. The second kappa shape index (κ2) is 21.0. The third-order valence-corrected chi connectivity index (χ3v) is 5.00. The molecule has 0 fully saturated rings. The molecule has 0 aliphatic heterocycles. The maximum absolute atomic E-state index is 2.35. The van der Waals surface area contributed by atoms with Gasteiger partial charge in [-0.25, -0.2) is 0 Å². The molecule has 0 aliphatic carbocycles. The molecule has 0 aromatic heterocycles. The summed E-state index contributed by atoms with van der Waals surface area (Å²) in [4.78, 5) is 0. The topological polar surface area (TPSA) is 0 Å². The first-order chi connectivity index (χ1) is 10.1. The van der Waals surface area contributed by atoms with Gasteiger partial charge in [0.2, 0.25) is 0 Å². The molecule has 0 radical (unpaired) electrons. The SMILES string of the molecule is C.CCC(CC)C(C)C.CCCCCCC(CC)CCCC. The molecule has 0 rings (SSSR count). The van der Waals surface area contributed by atoms with Crippen LogP contribution >= 0.6 is 0 Å². The fraction of sp³-hybridized carbons (Fsp3) is 1.00. The lowest BCUT2D eigenvalue weighted by Crippen LogP contribution is -2.04. The van der Waals surface area contributed by atoms with E-state index in [0.29, 0.717) is 0 Å². The summed E-state index contributed by atoms with van der Waals surface area (Å²) in [6.45, 7) is 16.1. The van der Waals surface area contributed by atoms with E-state index in [9.17, 15) is 0 Å². The van der Waals surface area contributed by atoms with Crippen LogP contribution in [0.25, 0.3) is 0 Å². The molecular formula is C22H50. The summed E-state index contributed by atoms with van der Waals surface area (Å²) in [6.07, 6.45) is 15.6. The zero-order valence-corrected chi connectivity index (χ0v) is 16.5.